The molecule has 0 saturated carbocycles. The van der Waals surface area contributed by atoms with Gasteiger partial charge in [0.05, 0.1) is 6.10 Å². The lowest BCUT2D eigenvalue weighted by Gasteiger charge is -2.13. The fourth-order valence-electron chi connectivity index (χ4n) is 4.00. The summed E-state index contributed by atoms with van der Waals surface area (Å²) < 4.78 is 13.0. The number of fused-ring (bicyclic) bond motifs is 1. The molecule has 0 unspecified atom stereocenters. The molecular weight excluding hydrogens is 432 g/mol. The summed E-state index contributed by atoms with van der Waals surface area (Å²) in [5.41, 5.74) is 2.58. The topological polar surface area (TPSA) is 106 Å². The number of carbonyl (C=O) groups is 1. The van der Waals surface area contributed by atoms with Crippen LogP contribution < -0.4 is 15.6 Å². The van der Waals surface area contributed by atoms with E-state index in [1.807, 2.05) is 51.1 Å². The number of hydrogen-bond donors (Lipinski definition) is 1. The molecule has 2 aromatic heterocycles. The molecule has 1 amide bonds. The Morgan fingerprint density at radius 2 is 2.09 bits per heavy atom. The Morgan fingerprint density at radius 3 is 2.76 bits per heavy atom. The van der Waals surface area contributed by atoms with E-state index in [-0.39, 0.29) is 23.1 Å². The predicted molar refractivity (Wildman–Crippen MR) is 128 cm³/mol. The maximum absolute atomic E-state index is 13.4. The molecular formula is C26H26N4O4. The third-order valence-electron chi connectivity index (χ3n) is 5.63. The Morgan fingerprint density at radius 1 is 1.32 bits per heavy atom. The molecule has 8 heteroatoms. The molecule has 8 nitrogen and oxygen atoms in total. The smallest absolute Gasteiger partial charge is 0.269 e. The SMILES string of the molecule is Cc1cc(C)cc(Oc2nc3c(C)cccn3c(=O)c2/C=C(\C#N)C(=O)NC[C@@H]2CCCO2)c1. The molecule has 0 spiro atoms. The van der Waals surface area contributed by atoms with E-state index < -0.39 is 11.5 Å². The lowest BCUT2D eigenvalue weighted by Crippen LogP contribution is -2.32. The highest BCUT2D eigenvalue weighted by Gasteiger charge is 2.20. The molecule has 1 N–H and O–H groups in total. The van der Waals surface area contributed by atoms with Gasteiger partial charge in [-0.25, -0.2) is 0 Å². The highest BCUT2D eigenvalue weighted by atomic mass is 16.5. The van der Waals surface area contributed by atoms with Gasteiger partial charge in [-0.15, -0.1) is 0 Å². The second-order valence-corrected chi connectivity index (χ2v) is 8.46. The van der Waals surface area contributed by atoms with Gasteiger partial charge in [-0.3, -0.25) is 14.0 Å². The third kappa shape index (κ3) is 5.00. The highest BCUT2D eigenvalue weighted by molar-refractivity contribution is 6.01. The van der Waals surface area contributed by atoms with Gasteiger partial charge in [-0.05, 0) is 74.6 Å². The molecule has 34 heavy (non-hydrogen) atoms. The summed E-state index contributed by atoms with van der Waals surface area (Å²) in [6.45, 7) is 6.70. The number of hydrogen-bond acceptors (Lipinski definition) is 6. The van der Waals surface area contributed by atoms with Gasteiger partial charge in [0.2, 0.25) is 5.88 Å². The van der Waals surface area contributed by atoms with E-state index in [2.05, 4.69) is 10.3 Å². The van der Waals surface area contributed by atoms with Crippen LogP contribution in [0.1, 0.15) is 35.1 Å². The number of rotatable bonds is 6. The zero-order valence-electron chi connectivity index (χ0n) is 19.4. The van der Waals surface area contributed by atoms with Crippen molar-refractivity contribution in [3.63, 3.8) is 0 Å². The summed E-state index contributed by atoms with van der Waals surface area (Å²) in [5, 5.41) is 12.4. The highest BCUT2D eigenvalue weighted by Crippen LogP contribution is 2.26. The van der Waals surface area contributed by atoms with Crippen LogP contribution in [0.4, 0.5) is 0 Å². The molecule has 1 saturated heterocycles. The number of aromatic nitrogens is 2. The van der Waals surface area contributed by atoms with Crippen molar-refractivity contribution in [2.45, 2.75) is 39.7 Å². The number of amides is 1. The normalized spacial score (nSPS) is 15.8. The van der Waals surface area contributed by atoms with Gasteiger partial charge in [0.25, 0.3) is 11.5 Å². The summed E-state index contributed by atoms with van der Waals surface area (Å²) >= 11 is 0. The molecule has 3 heterocycles. The average Bonchev–Trinajstić information content (AvgIpc) is 3.31. The molecule has 0 bridgehead atoms. The summed E-state index contributed by atoms with van der Waals surface area (Å²) in [7, 11) is 0. The summed E-state index contributed by atoms with van der Waals surface area (Å²) in [6.07, 6.45) is 4.57. The van der Waals surface area contributed by atoms with E-state index in [9.17, 15) is 14.9 Å². The largest absolute Gasteiger partial charge is 0.438 e. The number of nitrogens with one attached hydrogen (secondary N) is 1. The van der Waals surface area contributed by atoms with E-state index in [1.54, 1.807) is 12.3 Å². The number of nitriles is 1. The minimum Gasteiger partial charge on any atom is -0.438 e. The van der Waals surface area contributed by atoms with Crippen LogP contribution in [-0.4, -0.2) is 34.5 Å². The van der Waals surface area contributed by atoms with E-state index >= 15 is 0 Å². The molecule has 1 atom stereocenters. The van der Waals surface area contributed by atoms with E-state index in [1.165, 1.54) is 10.5 Å². The molecule has 1 fully saturated rings. The van der Waals surface area contributed by atoms with Crippen molar-refractivity contribution in [2.75, 3.05) is 13.2 Å². The van der Waals surface area contributed by atoms with Crippen LogP contribution in [0.25, 0.3) is 11.7 Å². The van der Waals surface area contributed by atoms with E-state index in [0.717, 1.165) is 29.5 Å². The fraction of sp³-hybridized carbons (Fsp3) is 0.308. The first-order valence-electron chi connectivity index (χ1n) is 11.2. The van der Waals surface area contributed by atoms with Gasteiger partial charge in [-0.1, -0.05) is 12.1 Å². The Bertz CT molecular complexity index is 1360. The van der Waals surface area contributed by atoms with Crippen molar-refractivity contribution in [1.82, 2.24) is 14.7 Å². The minimum atomic E-state index is -0.580. The maximum Gasteiger partial charge on any atom is 0.269 e. The number of ether oxygens (including phenoxy) is 2. The first kappa shape index (κ1) is 23.2. The monoisotopic (exact) mass is 458 g/mol. The van der Waals surface area contributed by atoms with Crippen molar-refractivity contribution in [3.05, 3.63) is 74.7 Å². The lowest BCUT2D eigenvalue weighted by molar-refractivity contribution is -0.117. The van der Waals surface area contributed by atoms with Crippen molar-refractivity contribution in [3.8, 4) is 17.7 Å². The Labute approximate surface area is 197 Å². The van der Waals surface area contributed by atoms with Crippen molar-refractivity contribution in [1.29, 1.82) is 5.26 Å². The van der Waals surface area contributed by atoms with Gasteiger partial charge in [0, 0.05) is 19.3 Å². The van der Waals surface area contributed by atoms with Gasteiger partial charge in [0.15, 0.2) is 0 Å². The molecule has 0 radical (unpaired) electrons. The first-order chi connectivity index (χ1) is 16.4. The summed E-state index contributed by atoms with van der Waals surface area (Å²) in [5.74, 6) is -0.0357. The molecule has 1 aliphatic heterocycles. The molecule has 1 aliphatic rings. The number of carbonyl (C=O) groups excluding carboxylic acids is 1. The van der Waals surface area contributed by atoms with E-state index in [4.69, 9.17) is 9.47 Å². The second-order valence-electron chi connectivity index (χ2n) is 8.46. The Balaban J connectivity index is 1.78. The quantitative estimate of drug-likeness (QED) is 0.447. The van der Waals surface area contributed by atoms with Crippen LogP contribution in [0.15, 0.2) is 46.9 Å². The Kier molecular flexibility index (Phi) is 6.75. The third-order valence-corrected chi connectivity index (χ3v) is 5.63. The molecule has 0 aliphatic carbocycles. The second kappa shape index (κ2) is 9.89. The zero-order chi connectivity index (χ0) is 24.2. The Hall–Kier alpha value is -3.96. The standard InChI is InChI=1S/C26H26N4O4/c1-16-10-17(2)12-21(11-16)34-25-22(26(32)30-8-4-6-18(3)23(30)29-25)13-19(14-27)24(31)28-15-20-7-5-9-33-20/h4,6,8,10-13,20H,5,7,9,15H2,1-3H3,(H,28,31)/b19-13+/t20-/m0/s1. The number of nitrogens with zero attached hydrogens (tertiary/aromatic N) is 3. The van der Waals surface area contributed by atoms with Crippen molar-refractivity contribution < 1.29 is 14.3 Å². The lowest BCUT2D eigenvalue weighted by atomic mass is 10.1. The zero-order valence-corrected chi connectivity index (χ0v) is 19.4. The summed E-state index contributed by atoms with van der Waals surface area (Å²) in [4.78, 5) is 30.7. The van der Waals surface area contributed by atoms with Gasteiger partial charge in [0.1, 0.15) is 28.6 Å². The molecule has 174 valence electrons. The molecule has 4 rings (SSSR count). The van der Waals surface area contributed by atoms with Crippen LogP contribution >= 0.6 is 0 Å². The predicted octanol–water partition coefficient (Wildman–Crippen LogP) is 3.61. The van der Waals surface area contributed by atoms with Gasteiger partial charge < -0.3 is 14.8 Å². The average molecular weight is 459 g/mol. The van der Waals surface area contributed by atoms with Crippen LogP contribution in [0.3, 0.4) is 0 Å². The molecule has 1 aromatic carbocycles. The van der Waals surface area contributed by atoms with Crippen LogP contribution in [0.5, 0.6) is 11.6 Å². The van der Waals surface area contributed by atoms with Gasteiger partial charge >= 0.3 is 0 Å². The first-order valence-corrected chi connectivity index (χ1v) is 11.2. The number of benzene rings is 1. The van der Waals surface area contributed by atoms with Gasteiger partial charge in [-0.2, -0.15) is 10.2 Å². The van der Waals surface area contributed by atoms with Crippen LogP contribution in [0.2, 0.25) is 0 Å². The van der Waals surface area contributed by atoms with Crippen molar-refractivity contribution >= 4 is 17.6 Å². The number of pyridine rings is 1. The summed E-state index contributed by atoms with van der Waals surface area (Å²) in [6, 6.07) is 11.2. The van der Waals surface area contributed by atoms with E-state index in [0.29, 0.717) is 24.5 Å². The fourth-order valence-corrected chi connectivity index (χ4v) is 4.00. The van der Waals surface area contributed by atoms with Crippen molar-refractivity contribution in [2.24, 2.45) is 0 Å². The minimum absolute atomic E-state index is 0.0195. The van der Waals surface area contributed by atoms with Crippen LogP contribution in [-0.2, 0) is 9.53 Å². The molecule has 3 aromatic rings. The number of aryl methyl sites for hydroxylation is 3. The van der Waals surface area contributed by atoms with Crippen LogP contribution in [0, 0.1) is 32.1 Å². The maximum atomic E-state index is 13.4.